The first-order valence-electron chi connectivity index (χ1n) is 6.63. The van der Waals surface area contributed by atoms with E-state index in [1.54, 1.807) is 7.11 Å². The molecule has 0 heterocycles. The molecule has 1 unspecified atom stereocenters. The maximum atomic E-state index is 5.99. The van der Waals surface area contributed by atoms with Crippen molar-refractivity contribution in [2.24, 2.45) is 5.73 Å². The van der Waals surface area contributed by atoms with Gasteiger partial charge in [-0.2, -0.15) is 0 Å². The zero-order chi connectivity index (χ0) is 12.0. The van der Waals surface area contributed by atoms with E-state index in [9.17, 15) is 0 Å². The molecule has 0 radical (unpaired) electrons. The molecule has 1 aliphatic rings. The van der Waals surface area contributed by atoms with Crippen LogP contribution < -0.4 is 5.73 Å². The molecule has 0 aromatic heterocycles. The Hall–Kier alpha value is -0.120. The van der Waals surface area contributed by atoms with E-state index in [4.69, 9.17) is 10.5 Å². The number of nitrogens with zero attached hydrogens (tertiary/aromatic N) is 1. The zero-order valence-corrected chi connectivity index (χ0v) is 11.2. The summed E-state index contributed by atoms with van der Waals surface area (Å²) in [4.78, 5) is 2.61. The number of hydrogen-bond acceptors (Lipinski definition) is 3. The molecule has 1 saturated carbocycles. The van der Waals surface area contributed by atoms with Crippen LogP contribution in [0.3, 0.4) is 0 Å². The lowest BCUT2D eigenvalue weighted by Gasteiger charge is -2.44. The Bertz CT molecular complexity index is 192. The van der Waals surface area contributed by atoms with Crippen LogP contribution in [-0.4, -0.2) is 43.3 Å². The van der Waals surface area contributed by atoms with Crippen LogP contribution in [0.1, 0.15) is 46.0 Å². The molecule has 0 amide bonds. The van der Waals surface area contributed by atoms with Crippen molar-refractivity contribution in [2.45, 2.75) is 57.5 Å². The van der Waals surface area contributed by atoms with Crippen LogP contribution in [0.5, 0.6) is 0 Å². The second-order valence-electron chi connectivity index (χ2n) is 5.17. The van der Waals surface area contributed by atoms with Crippen molar-refractivity contribution in [3.8, 4) is 0 Å². The Balaban J connectivity index is 2.64. The summed E-state index contributed by atoms with van der Waals surface area (Å²) in [6, 6.07) is 0.746. The highest BCUT2D eigenvalue weighted by Crippen LogP contribution is 2.30. The summed E-state index contributed by atoms with van der Waals surface area (Å²) in [5.74, 6) is 0. The molecule has 0 bridgehead atoms. The van der Waals surface area contributed by atoms with Crippen LogP contribution in [0.4, 0.5) is 0 Å². The number of methoxy groups -OCH3 is 1. The predicted molar refractivity (Wildman–Crippen MR) is 68.6 cm³/mol. The minimum Gasteiger partial charge on any atom is -0.385 e. The first kappa shape index (κ1) is 13.9. The Morgan fingerprint density at radius 2 is 2.00 bits per heavy atom. The van der Waals surface area contributed by atoms with E-state index in [1.807, 2.05) is 0 Å². The van der Waals surface area contributed by atoms with E-state index in [0.717, 1.165) is 32.2 Å². The standard InChI is InChI=1S/C13H28N2O/c1-4-15(12-7-5-6-8-12)13(2,11-14)9-10-16-3/h12H,4-11,14H2,1-3H3. The number of ether oxygens (including phenoxy) is 1. The van der Waals surface area contributed by atoms with Crippen molar-refractivity contribution >= 4 is 0 Å². The van der Waals surface area contributed by atoms with Gasteiger partial charge in [0, 0.05) is 31.8 Å². The quantitative estimate of drug-likeness (QED) is 0.724. The lowest BCUT2D eigenvalue weighted by molar-refractivity contribution is 0.0394. The normalized spacial score (nSPS) is 21.6. The van der Waals surface area contributed by atoms with Crippen molar-refractivity contribution in [2.75, 3.05) is 26.8 Å². The highest BCUT2D eigenvalue weighted by atomic mass is 16.5. The molecule has 96 valence electrons. The van der Waals surface area contributed by atoms with Crippen molar-refractivity contribution in [1.82, 2.24) is 4.90 Å². The minimum atomic E-state index is 0.111. The minimum absolute atomic E-state index is 0.111. The fourth-order valence-corrected chi connectivity index (χ4v) is 2.98. The number of rotatable bonds is 7. The number of likely N-dealkylation sites (N-methyl/N-ethyl adjacent to an activating group) is 1. The Morgan fingerprint density at radius 1 is 1.38 bits per heavy atom. The van der Waals surface area contributed by atoms with Gasteiger partial charge >= 0.3 is 0 Å². The SMILES string of the molecule is CCN(C1CCCC1)C(C)(CN)CCOC. The molecule has 0 aliphatic heterocycles. The third kappa shape index (κ3) is 3.19. The molecule has 1 atom stereocenters. The first-order valence-corrected chi connectivity index (χ1v) is 6.63. The van der Waals surface area contributed by atoms with Gasteiger partial charge in [-0.15, -0.1) is 0 Å². The number of hydrogen-bond donors (Lipinski definition) is 1. The van der Waals surface area contributed by atoms with Gasteiger partial charge in [-0.25, -0.2) is 0 Å². The molecule has 3 nitrogen and oxygen atoms in total. The lowest BCUT2D eigenvalue weighted by atomic mass is 9.93. The second-order valence-corrected chi connectivity index (χ2v) is 5.17. The van der Waals surface area contributed by atoms with Crippen molar-refractivity contribution < 1.29 is 4.74 Å². The molecule has 0 spiro atoms. The average Bonchev–Trinajstić information content (AvgIpc) is 2.81. The van der Waals surface area contributed by atoms with Gasteiger partial charge in [0.2, 0.25) is 0 Å². The molecule has 0 saturated heterocycles. The van der Waals surface area contributed by atoms with Crippen LogP contribution in [0.15, 0.2) is 0 Å². The van der Waals surface area contributed by atoms with E-state index in [1.165, 1.54) is 25.7 Å². The molecule has 3 heteroatoms. The van der Waals surface area contributed by atoms with Crippen LogP contribution in [0, 0.1) is 0 Å². The first-order chi connectivity index (χ1) is 7.68. The Kier molecular flexibility index (Phi) is 5.73. The van der Waals surface area contributed by atoms with Crippen LogP contribution >= 0.6 is 0 Å². The molecule has 0 aromatic carbocycles. The zero-order valence-electron chi connectivity index (χ0n) is 11.2. The van der Waals surface area contributed by atoms with E-state index >= 15 is 0 Å². The van der Waals surface area contributed by atoms with Crippen LogP contribution in [0.25, 0.3) is 0 Å². The third-order valence-corrected chi connectivity index (χ3v) is 4.08. The monoisotopic (exact) mass is 228 g/mol. The van der Waals surface area contributed by atoms with E-state index < -0.39 is 0 Å². The van der Waals surface area contributed by atoms with Gasteiger partial charge < -0.3 is 10.5 Å². The molecular weight excluding hydrogens is 200 g/mol. The summed E-state index contributed by atoms with van der Waals surface area (Å²) in [7, 11) is 1.77. The van der Waals surface area contributed by atoms with Gasteiger partial charge in [0.15, 0.2) is 0 Å². The molecular formula is C13H28N2O. The van der Waals surface area contributed by atoms with Crippen molar-refractivity contribution in [1.29, 1.82) is 0 Å². The van der Waals surface area contributed by atoms with E-state index in [0.29, 0.717) is 0 Å². The van der Waals surface area contributed by atoms with Crippen LogP contribution in [0.2, 0.25) is 0 Å². The molecule has 0 aromatic rings. The lowest BCUT2D eigenvalue weighted by Crippen LogP contribution is -2.55. The fraction of sp³-hybridized carbons (Fsp3) is 1.00. The van der Waals surface area contributed by atoms with E-state index in [-0.39, 0.29) is 5.54 Å². The third-order valence-electron chi connectivity index (χ3n) is 4.08. The molecule has 1 rings (SSSR count). The molecule has 2 N–H and O–H groups in total. The summed E-state index contributed by atoms with van der Waals surface area (Å²) in [6.45, 7) is 7.16. The van der Waals surface area contributed by atoms with Crippen molar-refractivity contribution in [3.05, 3.63) is 0 Å². The highest BCUT2D eigenvalue weighted by molar-refractivity contribution is 4.92. The Morgan fingerprint density at radius 3 is 2.44 bits per heavy atom. The van der Waals surface area contributed by atoms with Gasteiger partial charge in [0.25, 0.3) is 0 Å². The second kappa shape index (κ2) is 6.58. The Labute approximate surface area is 100 Å². The maximum Gasteiger partial charge on any atom is 0.0480 e. The summed E-state index contributed by atoms with van der Waals surface area (Å²) >= 11 is 0. The summed E-state index contributed by atoms with van der Waals surface area (Å²) in [5.41, 5.74) is 6.11. The smallest absolute Gasteiger partial charge is 0.0480 e. The maximum absolute atomic E-state index is 5.99. The molecule has 16 heavy (non-hydrogen) atoms. The molecule has 1 fully saturated rings. The summed E-state index contributed by atoms with van der Waals surface area (Å²) in [5, 5.41) is 0. The van der Waals surface area contributed by atoms with Gasteiger partial charge in [0.1, 0.15) is 0 Å². The predicted octanol–water partition coefficient (Wildman–Crippen LogP) is 2.00. The fourth-order valence-electron chi connectivity index (χ4n) is 2.98. The molecule has 1 aliphatic carbocycles. The highest BCUT2D eigenvalue weighted by Gasteiger charge is 2.35. The van der Waals surface area contributed by atoms with Crippen molar-refractivity contribution in [3.63, 3.8) is 0 Å². The van der Waals surface area contributed by atoms with Gasteiger partial charge in [-0.05, 0) is 32.7 Å². The topological polar surface area (TPSA) is 38.5 Å². The number of nitrogens with two attached hydrogens (primary N) is 1. The van der Waals surface area contributed by atoms with Gasteiger partial charge in [-0.1, -0.05) is 19.8 Å². The average molecular weight is 228 g/mol. The largest absolute Gasteiger partial charge is 0.385 e. The van der Waals surface area contributed by atoms with Gasteiger partial charge in [-0.3, -0.25) is 4.90 Å². The van der Waals surface area contributed by atoms with E-state index in [2.05, 4.69) is 18.7 Å². The summed E-state index contributed by atoms with van der Waals surface area (Å²) < 4.78 is 5.21. The summed E-state index contributed by atoms with van der Waals surface area (Å²) in [6.07, 6.45) is 6.48. The van der Waals surface area contributed by atoms with Gasteiger partial charge in [0.05, 0.1) is 0 Å². The van der Waals surface area contributed by atoms with Crippen LogP contribution in [-0.2, 0) is 4.74 Å².